The van der Waals surface area contributed by atoms with E-state index in [2.05, 4.69) is 0 Å². The summed E-state index contributed by atoms with van der Waals surface area (Å²) < 4.78 is 0. The molecule has 0 aliphatic rings. The number of anilines is 1. The molecule has 0 aromatic heterocycles. The topological polar surface area (TPSA) is 104 Å². The van der Waals surface area contributed by atoms with Crippen LogP contribution in [-0.2, 0) is 0 Å². The molecule has 0 saturated carbocycles. The molecule has 0 radical (unpaired) electrons. The monoisotopic (exact) mass is 280 g/mol. The van der Waals surface area contributed by atoms with E-state index in [1.807, 2.05) is 6.07 Å². The van der Waals surface area contributed by atoms with E-state index in [0.29, 0.717) is 5.56 Å². The Morgan fingerprint density at radius 1 is 1.10 bits per heavy atom. The molecule has 0 heterocycles. The van der Waals surface area contributed by atoms with Gasteiger partial charge in [-0.1, -0.05) is 42.5 Å². The molecular formula is C16H12N2O3. The van der Waals surface area contributed by atoms with Gasteiger partial charge in [0.25, 0.3) is 0 Å². The molecule has 2 rings (SSSR count). The maximum Gasteiger partial charge on any atom is 0.337 e. The maximum atomic E-state index is 12.4. The molecule has 1 unspecified atom stereocenters. The Hall–Kier alpha value is -3.13. The summed E-state index contributed by atoms with van der Waals surface area (Å²) in [4.78, 5) is 23.5. The summed E-state index contributed by atoms with van der Waals surface area (Å²) in [6.07, 6.45) is 0. The number of carboxylic acids is 1. The van der Waals surface area contributed by atoms with Crippen molar-refractivity contribution in [2.24, 2.45) is 0 Å². The van der Waals surface area contributed by atoms with Crippen molar-refractivity contribution in [3.63, 3.8) is 0 Å². The Labute approximate surface area is 121 Å². The van der Waals surface area contributed by atoms with E-state index in [0.717, 1.165) is 0 Å². The van der Waals surface area contributed by atoms with Crippen molar-refractivity contribution in [2.45, 2.75) is 5.92 Å². The van der Waals surface area contributed by atoms with Crippen LogP contribution in [0, 0.1) is 11.3 Å². The van der Waals surface area contributed by atoms with Crippen LogP contribution in [0.3, 0.4) is 0 Å². The number of carbonyl (C=O) groups excluding carboxylic acids is 1. The summed E-state index contributed by atoms with van der Waals surface area (Å²) in [7, 11) is 0. The fourth-order valence-electron chi connectivity index (χ4n) is 2.06. The standard InChI is InChI=1S/C16H12N2O3/c17-9-13(15(19)10-5-2-1-3-6-10)11-7-4-8-12(14(11)18)16(20)21/h1-8,13H,18H2,(H,20,21). The molecular weight excluding hydrogens is 268 g/mol. The number of nitrogens with two attached hydrogens (primary N) is 1. The molecule has 0 saturated heterocycles. The second kappa shape index (κ2) is 5.88. The molecule has 3 N–H and O–H groups in total. The molecule has 21 heavy (non-hydrogen) atoms. The third-order valence-electron chi connectivity index (χ3n) is 3.13. The first-order chi connectivity index (χ1) is 10.1. The van der Waals surface area contributed by atoms with Crippen LogP contribution in [0.15, 0.2) is 48.5 Å². The van der Waals surface area contributed by atoms with Gasteiger partial charge in [0.05, 0.1) is 17.3 Å². The van der Waals surface area contributed by atoms with Crippen molar-refractivity contribution < 1.29 is 14.7 Å². The average molecular weight is 280 g/mol. The first-order valence-corrected chi connectivity index (χ1v) is 6.16. The van der Waals surface area contributed by atoms with Gasteiger partial charge in [-0.05, 0) is 6.07 Å². The molecule has 0 bridgehead atoms. The minimum Gasteiger partial charge on any atom is -0.478 e. The van der Waals surface area contributed by atoms with Gasteiger partial charge in [-0.25, -0.2) is 4.79 Å². The van der Waals surface area contributed by atoms with E-state index >= 15 is 0 Å². The zero-order chi connectivity index (χ0) is 15.4. The van der Waals surface area contributed by atoms with Crippen molar-refractivity contribution in [2.75, 3.05) is 5.73 Å². The molecule has 5 nitrogen and oxygen atoms in total. The highest BCUT2D eigenvalue weighted by Crippen LogP contribution is 2.28. The molecule has 0 spiro atoms. The van der Waals surface area contributed by atoms with Crippen LogP contribution in [0.1, 0.15) is 32.2 Å². The predicted molar refractivity (Wildman–Crippen MR) is 76.9 cm³/mol. The summed E-state index contributed by atoms with van der Waals surface area (Å²) in [6, 6.07) is 14.6. The maximum absolute atomic E-state index is 12.4. The van der Waals surface area contributed by atoms with Crippen molar-refractivity contribution in [3.05, 3.63) is 65.2 Å². The Morgan fingerprint density at radius 3 is 2.33 bits per heavy atom. The second-order valence-electron chi connectivity index (χ2n) is 4.41. The number of nitrogen functional groups attached to an aromatic ring is 1. The molecule has 5 heteroatoms. The summed E-state index contributed by atoms with van der Waals surface area (Å²) in [5.74, 6) is -2.74. The lowest BCUT2D eigenvalue weighted by Gasteiger charge is -2.13. The lowest BCUT2D eigenvalue weighted by molar-refractivity contribution is 0.0697. The smallest absolute Gasteiger partial charge is 0.337 e. The third kappa shape index (κ3) is 2.74. The van der Waals surface area contributed by atoms with Crippen molar-refractivity contribution in [1.82, 2.24) is 0 Å². The van der Waals surface area contributed by atoms with Crippen molar-refractivity contribution in [3.8, 4) is 6.07 Å². The highest BCUT2D eigenvalue weighted by molar-refractivity contribution is 6.04. The minimum absolute atomic E-state index is 0.0548. The van der Waals surface area contributed by atoms with Gasteiger partial charge in [0.15, 0.2) is 5.78 Å². The molecule has 0 aliphatic heterocycles. The number of carbonyl (C=O) groups is 2. The van der Waals surface area contributed by atoms with Crippen molar-refractivity contribution >= 4 is 17.4 Å². The number of para-hydroxylation sites is 1. The molecule has 104 valence electrons. The molecule has 2 aromatic carbocycles. The number of hydrogen-bond donors (Lipinski definition) is 2. The second-order valence-corrected chi connectivity index (χ2v) is 4.41. The fraction of sp³-hybridized carbons (Fsp3) is 0.0625. The number of rotatable bonds is 4. The van der Waals surface area contributed by atoms with Gasteiger partial charge in [0, 0.05) is 11.1 Å². The number of benzene rings is 2. The van der Waals surface area contributed by atoms with Gasteiger partial charge in [-0.3, -0.25) is 4.79 Å². The number of Topliss-reactive ketones (excluding diaryl/α,β-unsaturated/α-hetero) is 1. The minimum atomic E-state index is -1.20. The Kier molecular flexibility index (Phi) is 4.00. The van der Waals surface area contributed by atoms with Gasteiger partial charge < -0.3 is 10.8 Å². The zero-order valence-corrected chi connectivity index (χ0v) is 11.0. The van der Waals surface area contributed by atoms with Gasteiger partial charge in [-0.2, -0.15) is 5.26 Å². The predicted octanol–water partition coefficient (Wildman–Crippen LogP) is 2.46. The molecule has 1 atom stereocenters. The number of nitrogens with zero attached hydrogens (tertiary/aromatic N) is 1. The Balaban J connectivity index is 2.49. The molecule has 0 amide bonds. The van der Waals surface area contributed by atoms with E-state index in [9.17, 15) is 14.9 Å². The first-order valence-electron chi connectivity index (χ1n) is 6.16. The number of carboxylic acid groups (broad SMARTS) is 1. The van der Waals surface area contributed by atoms with E-state index in [1.54, 1.807) is 30.3 Å². The van der Waals surface area contributed by atoms with E-state index in [-0.39, 0.29) is 16.8 Å². The number of hydrogen-bond acceptors (Lipinski definition) is 4. The van der Waals surface area contributed by atoms with Crippen LogP contribution in [0.25, 0.3) is 0 Å². The van der Waals surface area contributed by atoms with E-state index < -0.39 is 17.7 Å². The largest absolute Gasteiger partial charge is 0.478 e. The number of nitriles is 1. The van der Waals surface area contributed by atoms with Crippen LogP contribution >= 0.6 is 0 Å². The first kappa shape index (κ1) is 14.3. The lowest BCUT2D eigenvalue weighted by Crippen LogP contribution is -2.15. The molecule has 2 aromatic rings. The normalized spacial score (nSPS) is 11.4. The van der Waals surface area contributed by atoms with Crippen LogP contribution in [0.2, 0.25) is 0 Å². The number of aromatic carboxylic acids is 1. The third-order valence-corrected chi connectivity index (χ3v) is 3.13. The molecule has 0 aliphatic carbocycles. The van der Waals surface area contributed by atoms with Crippen LogP contribution in [-0.4, -0.2) is 16.9 Å². The highest BCUT2D eigenvalue weighted by Gasteiger charge is 2.25. The van der Waals surface area contributed by atoms with Gasteiger partial charge in [-0.15, -0.1) is 0 Å². The summed E-state index contributed by atoms with van der Waals surface area (Å²) >= 11 is 0. The lowest BCUT2D eigenvalue weighted by atomic mass is 9.89. The zero-order valence-electron chi connectivity index (χ0n) is 11.0. The molecule has 0 fully saturated rings. The number of ketones is 1. The van der Waals surface area contributed by atoms with Gasteiger partial charge >= 0.3 is 5.97 Å². The van der Waals surface area contributed by atoms with E-state index in [1.165, 1.54) is 18.2 Å². The van der Waals surface area contributed by atoms with E-state index in [4.69, 9.17) is 10.8 Å². The summed E-state index contributed by atoms with van der Waals surface area (Å²) in [5.41, 5.74) is 6.21. The highest BCUT2D eigenvalue weighted by atomic mass is 16.4. The SMILES string of the molecule is N#CC(C(=O)c1ccccc1)c1cccc(C(=O)O)c1N. The van der Waals surface area contributed by atoms with Gasteiger partial charge in [0.2, 0.25) is 0 Å². The van der Waals surface area contributed by atoms with Crippen molar-refractivity contribution in [1.29, 1.82) is 5.26 Å². The average Bonchev–Trinajstić information content (AvgIpc) is 2.50. The van der Waals surface area contributed by atoms with Crippen LogP contribution in [0.5, 0.6) is 0 Å². The Morgan fingerprint density at radius 2 is 1.76 bits per heavy atom. The quantitative estimate of drug-likeness (QED) is 0.661. The fourth-order valence-corrected chi connectivity index (χ4v) is 2.06. The Bertz CT molecular complexity index is 733. The van der Waals surface area contributed by atoms with Crippen LogP contribution in [0.4, 0.5) is 5.69 Å². The summed E-state index contributed by atoms with van der Waals surface area (Å²) in [6.45, 7) is 0. The van der Waals surface area contributed by atoms with Gasteiger partial charge in [0.1, 0.15) is 5.92 Å². The van der Waals surface area contributed by atoms with Crippen LogP contribution < -0.4 is 5.73 Å². The summed E-state index contributed by atoms with van der Waals surface area (Å²) in [5, 5.41) is 18.3.